The van der Waals surface area contributed by atoms with Crippen LogP contribution < -0.4 is 0 Å². The fraction of sp³-hybridized carbons (Fsp3) is 0.0833. The summed E-state index contributed by atoms with van der Waals surface area (Å²) in [4.78, 5) is 0. The molecular weight excluding hydrogens is 288 g/mol. The van der Waals surface area contributed by atoms with Gasteiger partial charge in [-0.15, -0.1) is 0 Å². The Hall–Kier alpha value is -2.86. The van der Waals surface area contributed by atoms with E-state index in [1.807, 2.05) is 12.2 Å². The highest BCUT2D eigenvalue weighted by Gasteiger charge is 2.38. The van der Waals surface area contributed by atoms with E-state index in [0.717, 1.165) is 0 Å². The van der Waals surface area contributed by atoms with E-state index in [9.17, 15) is 0 Å². The Morgan fingerprint density at radius 3 is 1.75 bits per heavy atom. The molecule has 24 heavy (non-hydrogen) atoms. The summed E-state index contributed by atoms with van der Waals surface area (Å²) in [6.45, 7) is 8.12. The van der Waals surface area contributed by atoms with E-state index >= 15 is 0 Å². The first-order valence-corrected chi connectivity index (χ1v) is 8.36. The molecule has 2 atom stereocenters. The van der Waals surface area contributed by atoms with Crippen LogP contribution in [0.25, 0.3) is 12.2 Å². The van der Waals surface area contributed by atoms with Gasteiger partial charge in [-0.05, 0) is 33.4 Å². The molecule has 0 saturated carbocycles. The van der Waals surface area contributed by atoms with Crippen LogP contribution in [0.3, 0.4) is 0 Å². The van der Waals surface area contributed by atoms with Gasteiger partial charge in [-0.3, -0.25) is 0 Å². The Balaban J connectivity index is 2.00. The fourth-order valence-corrected chi connectivity index (χ4v) is 4.09. The minimum absolute atomic E-state index is 0.305. The number of hydrogen-bond donors (Lipinski definition) is 0. The quantitative estimate of drug-likeness (QED) is 0.534. The molecule has 0 aliphatic heterocycles. The molecule has 116 valence electrons. The molecule has 3 aromatic carbocycles. The standard InChI is InChI=1S/C24H20/c1-3-17-15-16-21-20(4-2)22(17)24(19-13-9-6-10-14-19)23(21)18-11-7-5-8-12-18/h3-16,23-24H,1-2H2. The fourth-order valence-electron chi connectivity index (χ4n) is 4.09. The summed E-state index contributed by atoms with van der Waals surface area (Å²) in [5, 5.41) is 0. The maximum absolute atomic E-state index is 4.09. The van der Waals surface area contributed by atoms with Crippen LogP contribution in [0.2, 0.25) is 0 Å². The lowest BCUT2D eigenvalue weighted by atomic mass is 9.80. The van der Waals surface area contributed by atoms with Gasteiger partial charge in [0.15, 0.2) is 0 Å². The van der Waals surface area contributed by atoms with E-state index in [-0.39, 0.29) is 0 Å². The van der Waals surface area contributed by atoms with Gasteiger partial charge >= 0.3 is 0 Å². The molecule has 2 unspecified atom stereocenters. The van der Waals surface area contributed by atoms with Gasteiger partial charge in [-0.1, -0.05) is 98.1 Å². The Morgan fingerprint density at radius 1 is 0.625 bits per heavy atom. The van der Waals surface area contributed by atoms with Crippen LogP contribution in [0.1, 0.15) is 45.2 Å². The van der Waals surface area contributed by atoms with Crippen LogP contribution in [-0.2, 0) is 0 Å². The van der Waals surface area contributed by atoms with E-state index in [1.165, 1.54) is 33.4 Å². The third-order valence-corrected chi connectivity index (χ3v) is 5.08. The number of fused-ring (bicyclic) bond motifs is 2. The van der Waals surface area contributed by atoms with Crippen molar-refractivity contribution in [2.24, 2.45) is 0 Å². The Labute approximate surface area is 143 Å². The highest BCUT2D eigenvalue weighted by Crippen LogP contribution is 2.53. The van der Waals surface area contributed by atoms with E-state index in [1.54, 1.807) is 0 Å². The van der Waals surface area contributed by atoms with Crippen LogP contribution in [0.15, 0.2) is 86.0 Å². The van der Waals surface area contributed by atoms with E-state index in [0.29, 0.717) is 11.8 Å². The minimum atomic E-state index is 0.305. The third-order valence-electron chi connectivity index (χ3n) is 5.08. The van der Waals surface area contributed by atoms with E-state index < -0.39 is 0 Å². The van der Waals surface area contributed by atoms with Gasteiger partial charge < -0.3 is 0 Å². The van der Waals surface area contributed by atoms with Gasteiger partial charge in [0.1, 0.15) is 0 Å². The average molecular weight is 308 g/mol. The molecule has 0 aromatic heterocycles. The average Bonchev–Trinajstić information content (AvgIpc) is 2.88. The van der Waals surface area contributed by atoms with Crippen molar-refractivity contribution in [3.8, 4) is 0 Å². The topological polar surface area (TPSA) is 0 Å². The second-order valence-electron chi connectivity index (χ2n) is 6.26. The zero-order valence-electron chi connectivity index (χ0n) is 13.7. The summed E-state index contributed by atoms with van der Waals surface area (Å²) in [5.41, 5.74) is 7.91. The van der Waals surface area contributed by atoms with Gasteiger partial charge in [0.25, 0.3) is 0 Å². The summed E-state index contributed by atoms with van der Waals surface area (Å²) in [6.07, 6.45) is 3.98. The maximum Gasteiger partial charge on any atom is 0.0211 e. The molecule has 0 amide bonds. The molecule has 0 heteroatoms. The lowest BCUT2D eigenvalue weighted by Gasteiger charge is -2.23. The molecule has 0 saturated heterocycles. The Bertz CT molecular complexity index is 888. The molecule has 1 aliphatic rings. The summed E-state index contributed by atoms with van der Waals surface area (Å²) in [5.74, 6) is 0.630. The molecule has 0 N–H and O–H groups in total. The highest BCUT2D eigenvalue weighted by atomic mass is 14.4. The molecule has 2 bridgehead atoms. The lowest BCUT2D eigenvalue weighted by molar-refractivity contribution is 0.731. The highest BCUT2D eigenvalue weighted by molar-refractivity contribution is 5.74. The van der Waals surface area contributed by atoms with Crippen molar-refractivity contribution in [2.75, 3.05) is 0 Å². The first kappa shape index (κ1) is 14.7. The smallest absolute Gasteiger partial charge is 0.0211 e. The largest absolute Gasteiger partial charge is 0.0985 e. The summed E-state index contributed by atoms with van der Waals surface area (Å²) in [7, 11) is 0. The maximum atomic E-state index is 4.09. The van der Waals surface area contributed by atoms with Gasteiger partial charge in [-0.2, -0.15) is 0 Å². The SMILES string of the molecule is C=Cc1ccc2c(C=C)c1C(c1ccccc1)C2c1ccccc1. The van der Waals surface area contributed by atoms with Crippen molar-refractivity contribution < 1.29 is 0 Å². The summed E-state index contributed by atoms with van der Waals surface area (Å²) < 4.78 is 0. The first-order valence-electron chi connectivity index (χ1n) is 8.36. The molecule has 1 aliphatic carbocycles. The van der Waals surface area contributed by atoms with Gasteiger partial charge in [-0.25, -0.2) is 0 Å². The number of rotatable bonds is 4. The molecule has 0 nitrogen and oxygen atoms in total. The Kier molecular flexibility index (Phi) is 3.66. The predicted octanol–water partition coefficient (Wildman–Crippen LogP) is 6.25. The normalized spacial score (nSPS) is 18.3. The minimum Gasteiger partial charge on any atom is -0.0985 e. The zero-order chi connectivity index (χ0) is 16.5. The monoisotopic (exact) mass is 308 g/mol. The van der Waals surface area contributed by atoms with Crippen molar-refractivity contribution in [3.63, 3.8) is 0 Å². The lowest BCUT2D eigenvalue weighted by Crippen LogP contribution is -2.08. The van der Waals surface area contributed by atoms with Crippen LogP contribution in [0, 0.1) is 0 Å². The molecule has 0 fully saturated rings. The van der Waals surface area contributed by atoms with Gasteiger partial charge in [0, 0.05) is 11.8 Å². The van der Waals surface area contributed by atoms with E-state index in [2.05, 4.69) is 86.0 Å². The van der Waals surface area contributed by atoms with Crippen molar-refractivity contribution in [2.45, 2.75) is 11.8 Å². The van der Waals surface area contributed by atoms with Crippen molar-refractivity contribution in [3.05, 3.63) is 119 Å². The van der Waals surface area contributed by atoms with Crippen molar-refractivity contribution in [1.29, 1.82) is 0 Å². The van der Waals surface area contributed by atoms with Gasteiger partial charge in [0.05, 0.1) is 0 Å². The van der Waals surface area contributed by atoms with Crippen molar-refractivity contribution >= 4 is 12.2 Å². The molecule has 3 aromatic rings. The number of benzene rings is 3. The third kappa shape index (κ3) is 2.15. The predicted molar refractivity (Wildman–Crippen MR) is 103 cm³/mol. The molecule has 0 heterocycles. The summed E-state index contributed by atoms with van der Waals surface area (Å²) >= 11 is 0. The zero-order valence-corrected chi connectivity index (χ0v) is 13.7. The van der Waals surface area contributed by atoms with Crippen LogP contribution in [-0.4, -0.2) is 0 Å². The van der Waals surface area contributed by atoms with Crippen LogP contribution in [0.4, 0.5) is 0 Å². The molecule has 0 radical (unpaired) electrons. The van der Waals surface area contributed by atoms with Crippen LogP contribution >= 0.6 is 0 Å². The molecule has 0 spiro atoms. The first-order chi connectivity index (χ1) is 11.8. The van der Waals surface area contributed by atoms with Crippen LogP contribution in [0.5, 0.6) is 0 Å². The second-order valence-corrected chi connectivity index (χ2v) is 6.26. The van der Waals surface area contributed by atoms with E-state index in [4.69, 9.17) is 0 Å². The molecule has 4 rings (SSSR count). The van der Waals surface area contributed by atoms with Crippen molar-refractivity contribution in [1.82, 2.24) is 0 Å². The second kappa shape index (κ2) is 5.98. The molecular formula is C24H20. The number of hydrogen-bond acceptors (Lipinski definition) is 0. The Morgan fingerprint density at radius 2 is 1.21 bits per heavy atom. The van der Waals surface area contributed by atoms with Gasteiger partial charge in [0.2, 0.25) is 0 Å². The summed E-state index contributed by atoms with van der Waals surface area (Å²) in [6, 6.07) is 26.0.